The Balaban J connectivity index is 1.65. The molecule has 0 heterocycles. The first-order chi connectivity index (χ1) is 10.7. The van der Waals surface area contributed by atoms with Crippen LogP contribution in [0.4, 0.5) is 4.39 Å². The van der Waals surface area contributed by atoms with Crippen LogP contribution in [0.15, 0.2) is 18.2 Å². The van der Waals surface area contributed by atoms with Crippen LogP contribution in [0.3, 0.4) is 0 Å². The van der Waals surface area contributed by atoms with Crippen molar-refractivity contribution >= 4 is 0 Å². The molecule has 3 heteroatoms. The predicted octanol–water partition coefficient (Wildman–Crippen LogP) is 5.46. The van der Waals surface area contributed by atoms with Crippen LogP contribution in [-0.2, 0) is 0 Å². The van der Waals surface area contributed by atoms with Gasteiger partial charge in [0.15, 0.2) is 11.6 Å². The smallest absolute Gasteiger partial charge is 0.166 e. The SMILES string of the molecule is CCC[C@H]1CC[C@H](CCCOc2ccc(C#N)cc2F)CC1. The van der Waals surface area contributed by atoms with E-state index in [0.717, 1.165) is 18.3 Å². The molecule has 22 heavy (non-hydrogen) atoms. The molecule has 0 spiro atoms. The van der Waals surface area contributed by atoms with E-state index in [1.807, 2.05) is 6.07 Å². The molecule has 1 aliphatic rings. The van der Waals surface area contributed by atoms with Crippen molar-refractivity contribution in [2.45, 2.75) is 58.3 Å². The van der Waals surface area contributed by atoms with E-state index in [4.69, 9.17) is 10.00 Å². The van der Waals surface area contributed by atoms with Crippen LogP contribution < -0.4 is 4.74 Å². The van der Waals surface area contributed by atoms with Gasteiger partial charge < -0.3 is 4.74 Å². The third-order valence-electron chi connectivity index (χ3n) is 4.74. The number of rotatable bonds is 7. The Bertz CT molecular complexity index is 501. The Morgan fingerprint density at radius 1 is 1.18 bits per heavy atom. The molecule has 1 fully saturated rings. The molecular weight excluding hydrogens is 277 g/mol. The van der Waals surface area contributed by atoms with Gasteiger partial charge in [-0.2, -0.15) is 5.26 Å². The maximum atomic E-state index is 13.7. The van der Waals surface area contributed by atoms with Crippen LogP contribution in [-0.4, -0.2) is 6.61 Å². The van der Waals surface area contributed by atoms with Gasteiger partial charge in [0.25, 0.3) is 0 Å². The molecule has 2 rings (SSSR count). The summed E-state index contributed by atoms with van der Waals surface area (Å²) in [6, 6.07) is 6.28. The fourth-order valence-electron chi connectivity index (χ4n) is 3.46. The zero-order valence-corrected chi connectivity index (χ0v) is 13.5. The lowest BCUT2D eigenvalue weighted by Gasteiger charge is -2.28. The summed E-state index contributed by atoms with van der Waals surface area (Å²) in [6.45, 7) is 2.82. The third kappa shape index (κ3) is 5.02. The lowest BCUT2D eigenvalue weighted by Crippen LogP contribution is -2.15. The Morgan fingerprint density at radius 2 is 1.86 bits per heavy atom. The summed E-state index contributed by atoms with van der Waals surface area (Å²) >= 11 is 0. The van der Waals surface area contributed by atoms with Crippen molar-refractivity contribution in [2.24, 2.45) is 11.8 Å². The average Bonchev–Trinajstić information content (AvgIpc) is 2.54. The van der Waals surface area contributed by atoms with Crippen molar-refractivity contribution in [3.8, 4) is 11.8 Å². The zero-order valence-electron chi connectivity index (χ0n) is 13.5. The van der Waals surface area contributed by atoms with Crippen molar-refractivity contribution < 1.29 is 9.13 Å². The topological polar surface area (TPSA) is 33.0 Å². The van der Waals surface area contributed by atoms with Gasteiger partial charge in [-0.15, -0.1) is 0 Å². The maximum Gasteiger partial charge on any atom is 0.166 e. The summed E-state index contributed by atoms with van der Waals surface area (Å²) in [7, 11) is 0. The summed E-state index contributed by atoms with van der Waals surface area (Å²) in [4.78, 5) is 0. The van der Waals surface area contributed by atoms with Crippen LogP contribution in [0.25, 0.3) is 0 Å². The second-order valence-corrected chi connectivity index (χ2v) is 6.42. The summed E-state index contributed by atoms with van der Waals surface area (Å²) in [5.74, 6) is 1.58. The molecular formula is C19H26FNO. The van der Waals surface area contributed by atoms with Gasteiger partial charge in [0.2, 0.25) is 0 Å². The number of nitriles is 1. The van der Waals surface area contributed by atoms with Crippen molar-refractivity contribution in [2.75, 3.05) is 6.61 Å². The first kappa shape index (κ1) is 16.8. The fourth-order valence-corrected chi connectivity index (χ4v) is 3.46. The quantitative estimate of drug-likeness (QED) is 0.626. The van der Waals surface area contributed by atoms with Gasteiger partial charge in [0.1, 0.15) is 0 Å². The molecule has 0 radical (unpaired) electrons. The van der Waals surface area contributed by atoms with Crippen molar-refractivity contribution in [1.82, 2.24) is 0 Å². The number of benzene rings is 1. The lowest BCUT2D eigenvalue weighted by molar-refractivity contribution is 0.227. The predicted molar refractivity (Wildman–Crippen MR) is 86.2 cm³/mol. The third-order valence-corrected chi connectivity index (χ3v) is 4.74. The maximum absolute atomic E-state index is 13.7. The highest BCUT2D eigenvalue weighted by Gasteiger charge is 2.20. The number of ether oxygens (including phenoxy) is 1. The van der Waals surface area contributed by atoms with E-state index in [1.54, 1.807) is 12.1 Å². The molecule has 0 aliphatic heterocycles. The van der Waals surface area contributed by atoms with Gasteiger partial charge in [-0.25, -0.2) is 4.39 Å². The Hall–Kier alpha value is -1.56. The van der Waals surface area contributed by atoms with E-state index < -0.39 is 5.82 Å². The standard InChI is InChI=1S/C19H26FNO/c1-2-4-15-6-8-16(9-7-15)5-3-12-22-19-11-10-17(14-21)13-18(19)20/h10-11,13,15-16H,2-9,12H2,1H3/t15-,16-. The minimum atomic E-state index is -0.445. The van der Waals surface area contributed by atoms with Crippen molar-refractivity contribution in [3.05, 3.63) is 29.6 Å². The molecule has 1 aromatic carbocycles. The van der Waals surface area contributed by atoms with Gasteiger partial charge in [0, 0.05) is 0 Å². The second-order valence-electron chi connectivity index (χ2n) is 6.42. The van der Waals surface area contributed by atoms with Gasteiger partial charge in [-0.05, 0) is 42.9 Å². The molecule has 0 saturated heterocycles. The largest absolute Gasteiger partial charge is 0.491 e. The Morgan fingerprint density at radius 3 is 2.45 bits per heavy atom. The van der Waals surface area contributed by atoms with Crippen LogP contribution >= 0.6 is 0 Å². The second kappa shape index (κ2) is 8.78. The number of hydrogen-bond acceptors (Lipinski definition) is 2. The van der Waals surface area contributed by atoms with Crippen LogP contribution in [0.5, 0.6) is 5.75 Å². The van der Waals surface area contributed by atoms with Crippen molar-refractivity contribution in [1.29, 1.82) is 5.26 Å². The molecule has 0 aromatic heterocycles. The van der Waals surface area contributed by atoms with Gasteiger partial charge in [0.05, 0.1) is 18.2 Å². The van der Waals surface area contributed by atoms with E-state index >= 15 is 0 Å². The van der Waals surface area contributed by atoms with Gasteiger partial charge in [-0.1, -0.05) is 45.4 Å². The molecule has 2 nitrogen and oxygen atoms in total. The van der Waals surface area contributed by atoms with Crippen LogP contribution in [0.1, 0.15) is 63.9 Å². The normalized spacial score (nSPS) is 21.3. The summed E-state index contributed by atoms with van der Waals surface area (Å²) < 4.78 is 19.2. The highest BCUT2D eigenvalue weighted by molar-refractivity contribution is 5.35. The minimum absolute atomic E-state index is 0.255. The zero-order chi connectivity index (χ0) is 15.8. The van der Waals surface area contributed by atoms with E-state index in [2.05, 4.69) is 6.92 Å². The van der Waals surface area contributed by atoms with E-state index in [9.17, 15) is 4.39 Å². The first-order valence-corrected chi connectivity index (χ1v) is 8.55. The molecule has 0 bridgehead atoms. The van der Waals surface area contributed by atoms with Gasteiger partial charge in [-0.3, -0.25) is 0 Å². The average molecular weight is 303 g/mol. The summed E-state index contributed by atoms with van der Waals surface area (Å²) in [5, 5.41) is 8.71. The fraction of sp³-hybridized carbons (Fsp3) is 0.632. The minimum Gasteiger partial charge on any atom is -0.491 e. The molecule has 0 unspecified atom stereocenters. The van der Waals surface area contributed by atoms with E-state index in [1.165, 1.54) is 51.0 Å². The highest BCUT2D eigenvalue weighted by Crippen LogP contribution is 2.33. The molecule has 0 amide bonds. The number of nitrogens with zero attached hydrogens (tertiary/aromatic N) is 1. The monoisotopic (exact) mass is 303 g/mol. The van der Waals surface area contributed by atoms with Crippen LogP contribution in [0, 0.1) is 29.0 Å². The molecule has 120 valence electrons. The highest BCUT2D eigenvalue weighted by atomic mass is 19.1. The van der Waals surface area contributed by atoms with Crippen molar-refractivity contribution in [3.63, 3.8) is 0 Å². The Kier molecular flexibility index (Phi) is 6.71. The molecule has 1 saturated carbocycles. The molecule has 0 N–H and O–H groups in total. The summed E-state index contributed by atoms with van der Waals surface area (Å²) in [5.41, 5.74) is 0.327. The van der Waals surface area contributed by atoms with E-state index in [0.29, 0.717) is 12.2 Å². The van der Waals surface area contributed by atoms with E-state index in [-0.39, 0.29) is 5.75 Å². The molecule has 1 aliphatic carbocycles. The Labute approximate surface area is 133 Å². The van der Waals surface area contributed by atoms with Gasteiger partial charge >= 0.3 is 0 Å². The number of hydrogen-bond donors (Lipinski definition) is 0. The summed E-state index contributed by atoms with van der Waals surface area (Å²) in [6.07, 6.45) is 10.3. The van der Waals surface area contributed by atoms with Crippen LogP contribution in [0.2, 0.25) is 0 Å². The number of halogens is 1. The first-order valence-electron chi connectivity index (χ1n) is 8.55. The lowest BCUT2D eigenvalue weighted by atomic mass is 9.78. The molecule has 1 aromatic rings. The molecule has 0 atom stereocenters.